The largest absolute Gasteiger partial charge is 0.293 e. The lowest BCUT2D eigenvalue weighted by molar-refractivity contribution is 0.569. The summed E-state index contributed by atoms with van der Waals surface area (Å²) in [4.78, 5) is 4.62. The van der Waals surface area contributed by atoms with Crippen LogP contribution in [-0.2, 0) is 5.41 Å². The predicted octanol–water partition coefficient (Wildman–Crippen LogP) is 3.89. The highest BCUT2D eigenvalue weighted by molar-refractivity contribution is 14.1. The Bertz CT molecular complexity index is 511. The van der Waals surface area contributed by atoms with Gasteiger partial charge in [0.05, 0.1) is 10.7 Å². The zero-order valence-electron chi connectivity index (χ0n) is 8.88. The second kappa shape index (κ2) is 3.63. The van der Waals surface area contributed by atoms with E-state index in [4.69, 9.17) is 11.6 Å². The first-order valence-electron chi connectivity index (χ1n) is 4.73. The summed E-state index contributed by atoms with van der Waals surface area (Å²) in [6, 6.07) is 3.81. The maximum Gasteiger partial charge on any atom is 0.137 e. The number of halogens is 2. The van der Waals surface area contributed by atoms with Crippen molar-refractivity contribution in [2.24, 2.45) is 0 Å². The number of nitrogens with zero attached hydrogens (tertiary/aromatic N) is 2. The van der Waals surface area contributed by atoms with Crippen molar-refractivity contribution in [3.05, 3.63) is 32.7 Å². The van der Waals surface area contributed by atoms with E-state index in [1.54, 1.807) is 0 Å². The molecule has 4 heteroatoms. The van der Waals surface area contributed by atoms with Gasteiger partial charge in [-0.25, -0.2) is 4.98 Å². The van der Waals surface area contributed by atoms with Crippen LogP contribution in [0.25, 0.3) is 5.65 Å². The third-order valence-corrected chi connectivity index (χ3v) is 3.49. The highest BCUT2D eigenvalue weighted by atomic mass is 127. The van der Waals surface area contributed by atoms with Gasteiger partial charge < -0.3 is 0 Å². The van der Waals surface area contributed by atoms with Crippen molar-refractivity contribution in [3.8, 4) is 0 Å². The lowest BCUT2D eigenvalue weighted by atomic mass is 9.93. The van der Waals surface area contributed by atoms with Gasteiger partial charge in [0.2, 0.25) is 0 Å². The second-order valence-electron chi connectivity index (χ2n) is 4.58. The van der Waals surface area contributed by atoms with E-state index in [0.29, 0.717) is 0 Å². The normalized spacial score (nSPS) is 12.3. The van der Waals surface area contributed by atoms with Gasteiger partial charge in [-0.2, -0.15) is 0 Å². The lowest BCUT2D eigenvalue weighted by Crippen LogP contribution is -2.13. The second-order valence-corrected chi connectivity index (χ2v) is 6.03. The first-order chi connectivity index (χ1) is 6.89. The zero-order valence-corrected chi connectivity index (χ0v) is 11.8. The van der Waals surface area contributed by atoms with Crippen molar-refractivity contribution < 1.29 is 0 Å². The number of hydrogen-bond acceptors (Lipinski definition) is 1. The fourth-order valence-electron chi connectivity index (χ4n) is 1.47. The molecule has 0 spiro atoms. The van der Waals surface area contributed by atoms with Crippen molar-refractivity contribution in [1.82, 2.24) is 9.38 Å². The molecule has 0 aromatic carbocycles. The van der Waals surface area contributed by atoms with E-state index < -0.39 is 0 Å². The summed E-state index contributed by atoms with van der Waals surface area (Å²) >= 11 is 8.28. The van der Waals surface area contributed by atoms with Crippen LogP contribution < -0.4 is 0 Å². The molecular weight excluding hydrogens is 322 g/mol. The molecule has 2 nitrogen and oxygen atoms in total. The molecule has 0 aliphatic carbocycles. The number of fused-ring (bicyclic) bond motifs is 1. The van der Waals surface area contributed by atoms with E-state index in [1.807, 2.05) is 22.7 Å². The minimum Gasteiger partial charge on any atom is -0.293 e. The smallest absolute Gasteiger partial charge is 0.137 e. The standard InChI is InChI=1S/C11H12ClIN2/c1-11(2,3)9-10(13)15-6-7(12)4-5-8(15)14-9/h4-6H,1-3H3. The molecule has 0 saturated heterocycles. The van der Waals surface area contributed by atoms with Crippen LogP contribution in [0.5, 0.6) is 0 Å². The van der Waals surface area contributed by atoms with Gasteiger partial charge >= 0.3 is 0 Å². The van der Waals surface area contributed by atoms with Crippen LogP contribution >= 0.6 is 34.2 Å². The molecule has 80 valence electrons. The molecule has 0 atom stereocenters. The van der Waals surface area contributed by atoms with Crippen molar-refractivity contribution in [2.75, 3.05) is 0 Å². The average molecular weight is 335 g/mol. The monoisotopic (exact) mass is 334 g/mol. The summed E-state index contributed by atoms with van der Waals surface area (Å²) in [5, 5.41) is 0.735. The van der Waals surface area contributed by atoms with Gasteiger partial charge in [-0.3, -0.25) is 4.40 Å². The van der Waals surface area contributed by atoms with Crippen molar-refractivity contribution in [3.63, 3.8) is 0 Å². The van der Waals surface area contributed by atoms with Gasteiger partial charge in [0.15, 0.2) is 0 Å². The van der Waals surface area contributed by atoms with Crippen LogP contribution in [0.15, 0.2) is 18.3 Å². The van der Waals surface area contributed by atoms with Crippen LogP contribution in [0.1, 0.15) is 26.5 Å². The molecule has 2 aromatic heterocycles. The molecule has 0 unspecified atom stereocenters. The summed E-state index contributed by atoms with van der Waals surface area (Å²) in [6.45, 7) is 6.50. The molecule has 0 N–H and O–H groups in total. The molecule has 0 bridgehead atoms. The summed E-state index contributed by atoms with van der Waals surface area (Å²) in [6.07, 6.45) is 1.90. The van der Waals surface area contributed by atoms with Crippen LogP contribution in [0.3, 0.4) is 0 Å². The Morgan fingerprint density at radius 1 is 1.33 bits per heavy atom. The maximum absolute atomic E-state index is 5.96. The van der Waals surface area contributed by atoms with Gasteiger partial charge in [0, 0.05) is 11.6 Å². The Kier molecular flexibility index (Phi) is 2.71. The summed E-state index contributed by atoms with van der Waals surface area (Å²) < 4.78 is 3.17. The average Bonchev–Trinajstić information content (AvgIpc) is 2.43. The quantitative estimate of drug-likeness (QED) is 0.668. The minimum atomic E-state index is 0.0645. The number of aromatic nitrogens is 2. The molecule has 2 rings (SSSR count). The number of hydrogen-bond donors (Lipinski definition) is 0. The summed E-state index contributed by atoms with van der Waals surface area (Å²) in [7, 11) is 0. The Hall–Kier alpha value is -0.290. The topological polar surface area (TPSA) is 17.3 Å². The van der Waals surface area contributed by atoms with Gasteiger partial charge in [-0.1, -0.05) is 32.4 Å². The van der Waals surface area contributed by atoms with E-state index in [9.17, 15) is 0 Å². The Morgan fingerprint density at radius 2 is 2.00 bits per heavy atom. The highest BCUT2D eigenvalue weighted by Crippen LogP contribution is 2.27. The van der Waals surface area contributed by atoms with Gasteiger partial charge in [0.25, 0.3) is 0 Å². The zero-order chi connectivity index (χ0) is 11.2. The molecule has 0 amide bonds. The van der Waals surface area contributed by atoms with Crippen LogP contribution in [0.4, 0.5) is 0 Å². The molecular formula is C11H12ClIN2. The first kappa shape index (κ1) is 11.2. The van der Waals surface area contributed by atoms with E-state index in [2.05, 4.69) is 48.3 Å². The van der Waals surface area contributed by atoms with E-state index in [0.717, 1.165) is 20.1 Å². The Balaban J connectivity index is 2.76. The fraction of sp³-hybridized carbons (Fsp3) is 0.364. The molecule has 0 fully saturated rings. The number of rotatable bonds is 0. The van der Waals surface area contributed by atoms with Crippen molar-refractivity contribution in [2.45, 2.75) is 26.2 Å². The Labute approximate surface area is 108 Å². The molecule has 2 heterocycles. The SMILES string of the molecule is CC(C)(C)c1nc2ccc(Cl)cn2c1I. The van der Waals surface area contributed by atoms with Gasteiger partial charge in [-0.05, 0) is 34.7 Å². The maximum atomic E-state index is 5.96. The highest BCUT2D eigenvalue weighted by Gasteiger charge is 2.22. The van der Waals surface area contributed by atoms with E-state index >= 15 is 0 Å². The summed E-state index contributed by atoms with van der Waals surface area (Å²) in [5.74, 6) is 0. The molecule has 0 aliphatic heterocycles. The third kappa shape index (κ3) is 1.99. The summed E-state index contributed by atoms with van der Waals surface area (Å²) in [5.41, 5.74) is 2.13. The van der Waals surface area contributed by atoms with Gasteiger partial charge in [-0.15, -0.1) is 0 Å². The molecule has 0 saturated carbocycles. The predicted molar refractivity (Wildman–Crippen MR) is 71.6 cm³/mol. The van der Waals surface area contributed by atoms with Crippen molar-refractivity contribution in [1.29, 1.82) is 0 Å². The molecule has 0 radical (unpaired) electrons. The van der Waals surface area contributed by atoms with Gasteiger partial charge in [0.1, 0.15) is 9.35 Å². The minimum absolute atomic E-state index is 0.0645. The molecule has 15 heavy (non-hydrogen) atoms. The number of imidazole rings is 1. The van der Waals surface area contributed by atoms with Crippen molar-refractivity contribution >= 4 is 39.8 Å². The Morgan fingerprint density at radius 3 is 2.60 bits per heavy atom. The van der Waals surface area contributed by atoms with Crippen LogP contribution in [0, 0.1) is 3.70 Å². The van der Waals surface area contributed by atoms with Crippen LogP contribution in [-0.4, -0.2) is 9.38 Å². The van der Waals surface area contributed by atoms with E-state index in [-0.39, 0.29) is 5.41 Å². The molecule has 0 aliphatic rings. The molecule has 2 aromatic rings. The lowest BCUT2D eigenvalue weighted by Gasteiger charge is -2.15. The first-order valence-corrected chi connectivity index (χ1v) is 6.19. The van der Waals surface area contributed by atoms with E-state index in [1.165, 1.54) is 0 Å². The van der Waals surface area contributed by atoms with Crippen LogP contribution in [0.2, 0.25) is 5.02 Å². The number of pyridine rings is 1. The fourth-order valence-corrected chi connectivity index (χ4v) is 2.94. The third-order valence-electron chi connectivity index (χ3n) is 2.23.